The third-order valence-corrected chi connectivity index (χ3v) is 3.75. The molecule has 0 unspecified atom stereocenters. The van der Waals surface area contributed by atoms with Crippen LogP contribution in [0.4, 0.5) is 5.69 Å². The predicted molar refractivity (Wildman–Crippen MR) is 80.1 cm³/mol. The number of benzene rings is 1. The van der Waals surface area contributed by atoms with Crippen molar-refractivity contribution in [2.24, 2.45) is 0 Å². The molecule has 2 aromatic rings. The minimum atomic E-state index is -0.0847. The maximum atomic E-state index is 12.3. The molecule has 1 aromatic heterocycles. The first-order chi connectivity index (χ1) is 9.61. The normalized spacial score (nSPS) is 14.3. The van der Waals surface area contributed by atoms with Crippen molar-refractivity contribution in [1.82, 2.24) is 4.57 Å². The average Bonchev–Trinajstić information content (AvgIpc) is 3.26. The Labute approximate surface area is 117 Å². The van der Waals surface area contributed by atoms with Crippen molar-refractivity contribution in [1.29, 1.82) is 0 Å². The molecule has 0 bridgehead atoms. The number of anilines is 1. The molecule has 0 amide bonds. The largest absolute Gasteiger partial charge is 0.496 e. The van der Waals surface area contributed by atoms with Crippen molar-refractivity contribution in [3.05, 3.63) is 46.2 Å². The number of methoxy groups -OCH3 is 1. The van der Waals surface area contributed by atoms with E-state index in [9.17, 15) is 4.79 Å². The number of hydrogen-bond acceptors (Lipinski definition) is 3. The first kappa shape index (κ1) is 12.8. The van der Waals surface area contributed by atoms with Crippen LogP contribution in [0.3, 0.4) is 0 Å². The van der Waals surface area contributed by atoms with E-state index in [-0.39, 0.29) is 5.56 Å². The van der Waals surface area contributed by atoms with Crippen LogP contribution >= 0.6 is 0 Å². The van der Waals surface area contributed by atoms with Gasteiger partial charge in [0.05, 0.1) is 18.5 Å². The van der Waals surface area contributed by atoms with Crippen LogP contribution in [0.25, 0.3) is 11.3 Å². The Bertz CT molecular complexity index is 715. The van der Waals surface area contributed by atoms with Gasteiger partial charge in [-0.3, -0.25) is 4.79 Å². The summed E-state index contributed by atoms with van der Waals surface area (Å²) in [6, 6.07) is 9.87. The van der Waals surface area contributed by atoms with Gasteiger partial charge >= 0.3 is 0 Å². The summed E-state index contributed by atoms with van der Waals surface area (Å²) in [5.74, 6) is 0.851. The van der Waals surface area contributed by atoms with E-state index in [1.54, 1.807) is 13.2 Å². The third kappa shape index (κ3) is 2.07. The lowest BCUT2D eigenvalue weighted by Crippen LogP contribution is -2.23. The molecule has 1 aromatic carbocycles. The lowest BCUT2D eigenvalue weighted by molar-refractivity contribution is 0.412. The molecule has 1 saturated carbocycles. The smallest absolute Gasteiger partial charge is 0.274 e. The number of rotatable bonds is 3. The summed E-state index contributed by atoms with van der Waals surface area (Å²) in [7, 11) is 1.66. The number of pyridine rings is 1. The summed E-state index contributed by atoms with van der Waals surface area (Å²) in [6.07, 6.45) is 2.09. The summed E-state index contributed by atoms with van der Waals surface area (Å²) in [5, 5.41) is 0. The fourth-order valence-electron chi connectivity index (χ4n) is 2.54. The Kier molecular flexibility index (Phi) is 3.01. The van der Waals surface area contributed by atoms with Crippen molar-refractivity contribution >= 4 is 5.69 Å². The first-order valence-corrected chi connectivity index (χ1v) is 6.78. The van der Waals surface area contributed by atoms with E-state index in [2.05, 4.69) is 0 Å². The zero-order valence-corrected chi connectivity index (χ0v) is 11.7. The second-order valence-corrected chi connectivity index (χ2v) is 5.26. The van der Waals surface area contributed by atoms with Gasteiger partial charge < -0.3 is 15.0 Å². The van der Waals surface area contributed by atoms with E-state index < -0.39 is 0 Å². The summed E-state index contributed by atoms with van der Waals surface area (Å²) in [6.45, 7) is 2.00. The molecule has 0 radical (unpaired) electrons. The monoisotopic (exact) mass is 270 g/mol. The lowest BCUT2D eigenvalue weighted by atomic mass is 10.1. The van der Waals surface area contributed by atoms with Crippen LogP contribution in [0.5, 0.6) is 5.75 Å². The zero-order valence-electron chi connectivity index (χ0n) is 11.7. The van der Waals surface area contributed by atoms with Gasteiger partial charge in [-0.15, -0.1) is 0 Å². The van der Waals surface area contributed by atoms with Crippen LogP contribution in [0.2, 0.25) is 0 Å². The highest BCUT2D eigenvalue weighted by atomic mass is 16.5. The van der Waals surface area contributed by atoms with Gasteiger partial charge in [-0.1, -0.05) is 0 Å². The second-order valence-electron chi connectivity index (χ2n) is 5.26. The maximum Gasteiger partial charge on any atom is 0.274 e. The number of nitrogens with two attached hydrogens (primary N) is 1. The molecule has 0 aliphatic heterocycles. The summed E-state index contributed by atoms with van der Waals surface area (Å²) in [4.78, 5) is 12.3. The van der Waals surface area contributed by atoms with Gasteiger partial charge in [0, 0.05) is 6.04 Å². The van der Waals surface area contributed by atoms with Gasteiger partial charge in [-0.05, 0) is 61.2 Å². The molecule has 3 rings (SSSR count). The van der Waals surface area contributed by atoms with Gasteiger partial charge in [0.25, 0.3) is 5.56 Å². The average molecular weight is 270 g/mol. The molecule has 1 aliphatic carbocycles. The van der Waals surface area contributed by atoms with Crippen molar-refractivity contribution in [3.8, 4) is 17.0 Å². The van der Waals surface area contributed by atoms with Crippen LogP contribution in [-0.2, 0) is 0 Å². The zero-order chi connectivity index (χ0) is 14.3. The Morgan fingerprint density at radius 2 is 2.00 bits per heavy atom. The lowest BCUT2D eigenvalue weighted by Gasteiger charge is -2.14. The number of aromatic nitrogens is 1. The van der Waals surface area contributed by atoms with E-state index in [0.29, 0.717) is 11.7 Å². The number of ether oxygens (including phenoxy) is 1. The molecule has 1 heterocycles. The van der Waals surface area contributed by atoms with Gasteiger partial charge in [0.2, 0.25) is 0 Å². The van der Waals surface area contributed by atoms with Crippen LogP contribution in [-0.4, -0.2) is 11.7 Å². The van der Waals surface area contributed by atoms with Gasteiger partial charge in [0.1, 0.15) is 5.75 Å². The topological polar surface area (TPSA) is 57.2 Å². The molecule has 0 atom stereocenters. The molecule has 1 aliphatic rings. The fraction of sp³-hybridized carbons (Fsp3) is 0.312. The summed E-state index contributed by atoms with van der Waals surface area (Å²) >= 11 is 0. The third-order valence-electron chi connectivity index (χ3n) is 3.75. The van der Waals surface area contributed by atoms with E-state index in [4.69, 9.17) is 10.5 Å². The van der Waals surface area contributed by atoms with Crippen LogP contribution in [0.15, 0.2) is 35.1 Å². The van der Waals surface area contributed by atoms with Crippen molar-refractivity contribution in [3.63, 3.8) is 0 Å². The van der Waals surface area contributed by atoms with E-state index in [0.717, 1.165) is 35.4 Å². The minimum absolute atomic E-state index is 0.0847. The molecule has 4 heteroatoms. The number of hydrogen-bond donors (Lipinski definition) is 1. The highest BCUT2D eigenvalue weighted by Gasteiger charge is 2.27. The minimum Gasteiger partial charge on any atom is -0.496 e. The van der Waals surface area contributed by atoms with E-state index in [1.807, 2.05) is 35.8 Å². The van der Waals surface area contributed by atoms with Crippen LogP contribution < -0.4 is 16.0 Å². The molecule has 20 heavy (non-hydrogen) atoms. The first-order valence-electron chi connectivity index (χ1n) is 6.78. The van der Waals surface area contributed by atoms with Crippen LogP contribution in [0, 0.1) is 6.92 Å². The van der Waals surface area contributed by atoms with Crippen molar-refractivity contribution < 1.29 is 4.74 Å². The van der Waals surface area contributed by atoms with Crippen molar-refractivity contribution in [2.45, 2.75) is 25.8 Å². The quantitative estimate of drug-likeness (QED) is 0.933. The number of nitrogen functional groups attached to an aromatic ring is 1. The van der Waals surface area contributed by atoms with Crippen LogP contribution in [0.1, 0.15) is 24.4 Å². The fourth-order valence-corrected chi connectivity index (χ4v) is 2.54. The Morgan fingerprint density at radius 3 is 2.60 bits per heavy atom. The predicted octanol–water partition coefficient (Wildman–Crippen LogP) is 2.75. The van der Waals surface area contributed by atoms with Crippen molar-refractivity contribution in [2.75, 3.05) is 12.8 Å². The van der Waals surface area contributed by atoms with E-state index in [1.165, 1.54) is 0 Å². The molecular formula is C16H18N2O2. The SMILES string of the molecule is COc1ccc(-c2ccc(N)c(=O)n2C2CC2)cc1C. The molecule has 104 valence electrons. The van der Waals surface area contributed by atoms with E-state index >= 15 is 0 Å². The summed E-state index contributed by atoms with van der Waals surface area (Å²) < 4.78 is 7.11. The molecule has 0 saturated heterocycles. The Morgan fingerprint density at radius 1 is 1.25 bits per heavy atom. The van der Waals surface area contributed by atoms with Gasteiger partial charge in [-0.25, -0.2) is 0 Å². The van der Waals surface area contributed by atoms with Gasteiger partial charge in [0.15, 0.2) is 0 Å². The summed E-state index contributed by atoms with van der Waals surface area (Å²) in [5.41, 5.74) is 8.98. The standard InChI is InChI=1S/C16H18N2O2/c1-10-9-11(3-8-15(10)20-2)14-7-6-13(17)16(19)18(14)12-4-5-12/h3,6-9,12H,4-5,17H2,1-2H3. The number of nitrogens with zero attached hydrogens (tertiary/aromatic N) is 1. The molecule has 0 spiro atoms. The highest BCUT2D eigenvalue weighted by Crippen LogP contribution is 2.37. The molecule has 2 N–H and O–H groups in total. The number of aryl methyl sites for hydroxylation is 1. The molecule has 4 nitrogen and oxygen atoms in total. The maximum absolute atomic E-state index is 12.3. The van der Waals surface area contributed by atoms with Gasteiger partial charge in [-0.2, -0.15) is 0 Å². The Hall–Kier alpha value is -2.23. The molecule has 1 fully saturated rings. The Balaban J connectivity index is 2.17. The second kappa shape index (κ2) is 4.71. The highest BCUT2D eigenvalue weighted by molar-refractivity contribution is 5.64. The molecular weight excluding hydrogens is 252 g/mol.